The van der Waals surface area contributed by atoms with E-state index in [9.17, 15) is 4.79 Å². The van der Waals surface area contributed by atoms with Crippen molar-refractivity contribution in [1.82, 2.24) is 20.2 Å². The van der Waals surface area contributed by atoms with Crippen molar-refractivity contribution < 1.29 is 4.79 Å². The molecule has 1 N–H and O–H groups in total. The summed E-state index contributed by atoms with van der Waals surface area (Å²) >= 11 is 13.6. The average Bonchev–Trinajstić information content (AvgIpc) is 3.21. The van der Waals surface area contributed by atoms with Crippen LogP contribution in [-0.2, 0) is 11.2 Å². The summed E-state index contributed by atoms with van der Waals surface area (Å²) < 4.78 is 0. The second-order valence-electron chi connectivity index (χ2n) is 8.83. The van der Waals surface area contributed by atoms with Crippen molar-refractivity contribution in [3.8, 4) is 11.1 Å². The van der Waals surface area contributed by atoms with E-state index in [2.05, 4.69) is 34.2 Å². The van der Waals surface area contributed by atoms with Gasteiger partial charge < -0.3 is 10.2 Å². The van der Waals surface area contributed by atoms with Crippen LogP contribution in [0.3, 0.4) is 0 Å². The van der Waals surface area contributed by atoms with E-state index in [0.29, 0.717) is 27.2 Å². The number of likely N-dealkylation sites (tertiary alicyclic amines) is 1. The highest BCUT2D eigenvalue weighted by molar-refractivity contribution is 7.99. The fourth-order valence-electron chi connectivity index (χ4n) is 4.56. The number of rotatable bonds is 8. The van der Waals surface area contributed by atoms with E-state index in [1.165, 1.54) is 17.3 Å². The van der Waals surface area contributed by atoms with Crippen molar-refractivity contribution >= 4 is 40.9 Å². The van der Waals surface area contributed by atoms with E-state index < -0.39 is 0 Å². The molecule has 8 heteroatoms. The molecule has 1 amide bonds. The summed E-state index contributed by atoms with van der Waals surface area (Å²) in [5.41, 5.74) is 3.23. The van der Waals surface area contributed by atoms with Crippen LogP contribution in [0, 0.1) is 5.92 Å². The van der Waals surface area contributed by atoms with Crippen LogP contribution in [0.15, 0.2) is 66.1 Å². The van der Waals surface area contributed by atoms with E-state index in [4.69, 9.17) is 23.2 Å². The standard InChI is InChI=1S/C26H28Cl2N4OS/c1-17(24-12-19(15-32(24)2)10-18-8-9-22(27)23(28)11-18)31-25(33)16-34-26-29-13-21(14-30-26)20-6-4-3-5-7-20/h3-9,11,13-14,17,19,24H,10,12,15-16H2,1-2H3,(H,31,33)/t17?,19-,24+/m1/s1. The highest BCUT2D eigenvalue weighted by Crippen LogP contribution is 2.29. The van der Waals surface area contributed by atoms with Gasteiger partial charge >= 0.3 is 0 Å². The van der Waals surface area contributed by atoms with Crippen molar-refractivity contribution in [2.75, 3.05) is 19.3 Å². The zero-order valence-corrected chi connectivity index (χ0v) is 21.6. The maximum atomic E-state index is 12.6. The van der Waals surface area contributed by atoms with Crippen molar-refractivity contribution in [1.29, 1.82) is 0 Å². The van der Waals surface area contributed by atoms with Crippen LogP contribution >= 0.6 is 35.0 Å². The first-order valence-corrected chi connectivity index (χ1v) is 13.1. The molecule has 4 rings (SSSR count). The molecule has 3 aromatic rings. The Morgan fingerprint density at radius 1 is 1.12 bits per heavy atom. The first-order chi connectivity index (χ1) is 16.4. The molecule has 1 saturated heterocycles. The molecule has 2 heterocycles. The number of carbonyl (C=O) groups is 1. The van der Waals surface area contributed by atoms with Crippen molar-refractivity contribution in [2.24, 2.45) is 5.92 Å². The number of thioether (sulfide) groups is 1. The lowest BCUT2D eigenvalue weighted by Gasteiger charge is -2.26. The zero-order valence-electron chi connectivity index (χ0n) is 19.2. The lowest BCUT2D eigenvalue weighted by molar-refractivity contribution is -0.119. The van der Waals surface area contributed by atoms with Crippen molar-refractivity contribution in [2.45, 2.75) is 37.0 Å². The maximum absolute atomic E-state index is 12.6. The van der Waals surface area contributed by atoms with E-state index in [1.807, 2.05) is 48.5 Å². The number of nitrogens with one attached hydrogen (secondary N) is 1. The number of nitrogens with zero attached hydrogens (tertiary/aromatic N) is 3. The first kappa shape index (κ1) is 25.0. The van der Waals surface area contributed by atoms with Crippen LogP contribution < -0.4 is 5.32 Å². The van der Waals surface area contributed by atoms with Gasteiger partial charge in [-0.1, -0.05) is 71.4 Å². The lowest BCUT2D eigenvalue weighted by atomic mass is 9.95. The van der Waals surface area contributed by atoms with Crippen LogP contribution in [0.25, 0.3) is 11.1 Å². The summed E-state index contributed by atoms with van der Waals surface area (Å²) in [6.07, 6.45) is 5.57. The summed E-state index contributed by atoms with van der Waals surface area (Å²) in [6, 6.07) is 16.2. The van der Waals surface area contributed by atoms with Crippen LogP contribution in [-0.4, -0.2) is 52.2 Å². The quantitative estimate of drug-likeness (QED) is 0.312. The van der Waals surface area contributed by atoms with Gasteiger partial charge in [0.15, 0.2) is 5.16 Å². The Balaban J connectivity index is 1.25. The van der Waals surface area contributed by atoms with Gasteiger partial charge in [-0.2, -0.15) is 0 Å². The molecule has 0 saturated carbocycles. The van der Waals surface area contributed by atoms with Gasteiger partial charge in [-0.3, -0.25) is 4.79 Å². The van der Waals surface area contributed by atoms with Crippen LogP contribution in [0.4, 0.5) is 0 Å². The van der Waals surface area contributed by atoms with Gasteiger partial charge in [-0.15, -0.1) is 0 Å². The Morgan fingerprint density at radius 3 is 2.56 bits per heavy atom. The number of aromatic nitrogens is 2. The van der Waals surface area contributed by atoms with E-state index >= 15 is 0 Å². The molecule has 0 spiro atoms. The normalized spacial score (nSPS) is 19.2. The second-order valence-corrected chi connectivity index (χ2v) is 10.6. The molecule has 1 aliphatic heterocycles. The number of hydrogen-bond acceptors (Lipinski definition) is 5. The number of hydrogen-bond donors (Lipinski definition) is 1. The molecule has 0 bridgehead atoms. The predicted molar refractivity (Wildman–Crippen MR) is 140 cm³/mol. The fraction of sp³-hybridized carbons (Fsp3) is 0.346. The monoisotopic (exact) mass is 514 g/mol. The SMILES string of the molecule is CC(NC(=O)CSc1ncc(-c2ccccc2)cn1)[C@@H]1C[C@@H](Cc2ccc(Cl)c(Cl)c2)CN1C. The van der Waals surface area contributed by atoms with Gasteiger partial charge in [0.2, 0.25) is 5.91 Å². The molecule has 1 unspecified atom stereocenters. The molecule has 34 heavy (non-hydrogen) atoms. The zero-order chi connectivity index (χ0) is 24.1. The third-order valence-electron chi connectivity index (χ3n) is 6.23. The van der Waals surface area contributed by atoms with Gasteiger partial charge in [-0.25, -0.2) is 9.97 Å². The predicted octanol–water partition coefficient (Wildman–Crippen LogP) is 5.61. The second kappa shape index (κ2) is 11.5. The Bertz CT molecular complexity index is 1110. The van der Waals surface area contributed by atoms with Crippen LogP contribution in [0.2, 0.25) is 10.0 Å². The smallest absolute Gasteiger partial charge is 0.230 e. The van der Waals surface area contributed by atoms with Crippen LogP contribution in [0.1, 0.15) is 18.9 Å². The van der Waals surface area contributed by atoms with Gasteiger partial charge in [0, 0.05) is 36.6 Å². The van der Waals surface area contributed by atoms with Gasteiger partial charge in [-0.05, 0) is 56.0 Å². The highest BCUT2D eigenvalue weighted by Gasteiger charge is 2.33. The molecular weight excluding hydrogens is 487 g/mol. The minimum atomic E-state index is -0.00503. The van der Waals surface area contributed by atoms with E-state index in [-0.39, 0.29) is 17.7 Å². The Labute approximate surface area is 215 Å². The lowest BCUT2D eigenvalue weighted by Crippen LogP contribution is -2.46. The van der Waals surface area contributed by atoms with Gasteiger partial charge in [0.05, 0.1) is 15.8 Å². The molecule has 2 aromatic carbocycles. The summed E-state index contributed by atoms with van der Waals surface area (Å²) in [4.78, 5) is 23.7. The Morgan fingerprint density at radius 2 is 1.85 bits per heavy atom. The molecule has 1 aliphatic rings. The maximum Gasteiger partial charge on any atom is 0.230 e. The topological polar surface area (TPSA) is 58.1 Å². The van der Waals surface area contributed by atoms with E-state index in [0.717, 1.165) is 30.5 Å². The van der Waals surface area contributed by atoms with Gasteiger partial charge in [0.1, 0.15) is 0 Å². The third-order valence-corrected chi connectivity index (χ3v) is 7.84. The third kappa shape index (κ3) is 6.51. The largest absolute Gasteiger partial charge is 0.351 e. The van der Waals surface area contributed by atoms with Crippen LogP contribution in [0.5, 0.6) is 0 Å². The Hall–Kier alpha value is -2.12. The Kier molecular flexibility index (Phi) is 8.48. The molecule has 0 radical (unpaired) electrons. The van der Waals surface area contributed by atoms with Crippen molar-refractivity contribution in [3.63, 3.8) is 0 Å². The summed E-state index contributed by atoms with van der Waals surface area (Å²) in [7, 11) is 2.12. The van der Waals surface area contributed by atoms with E-state index in [1.54, 1.807) is 12.4 Å². The molecule has 5 nitrogen and oxygen atoms in total. The number of benzene rings is 2. The summed E-state index contributed by atoms with van der Waals surface area (Å²) in [5, 5.41) is 4.94. The highest BCUT2D eigenvalue weighted by atomic mass is 35.5. The van der Waals surface area contributed by atoms with Gasteiger partial charge in [0.25, 0.3) is 0 Å². The number of halogens is 2. The minimum absolute atomic E-state index is 0.00503. The number of likely N-dealkylation sites (N-methyl/N-ethyl adjacent to an activating group) is 1. The minimum Gasteiger partial charge on any atom is -0.351 e. The molecular formula is C26H28Cl2N4OS. The first-order valence-electron chi connectivity index (χ1n) is 11.3. The molecule has 178 valence electrons. The summed E-state index contributed by atoms with van der Waals surface area (Å²) in [5.74, 6) is 0.796. The van der Waals surface area contributed by atoms with Crippen molar-refractivity contribution in [3.05, 3.63) is 76.5 Å². The summed E-state index contributed by atoms with van der Waals surface area (Å²) in [6.45, 7) is 3.07. The molecule has 3 atom stereocenters. The molecule has 0 aliphatic carbocycles. The average molecular weight is 516 g/mol. The molecule has 1 fully saturated rings. The number of carbonyl (C=O) groups excluding carboxylic acids is 1. The molecule has 1 aromatic heterocycles. The fourth-order valence-corrected chi connectivity index (χ4v) is 5.48. The number of amides is 1.